The summed E-state index contributed by atoms with van der Waals surface area (Å²) in [5, 5.41) is 26.3. The summed E-state index contributed by atoms with van der Waals surface area (Å²) in [5.74, 6) is 0.0210. The molecule has 4 N–H and O–H groups in total. The number of aromatic nitrogens is 4. The molecule has 30 heavy (non-hydrogen) atoms. The van der Waals surface area contributed by atoms with Crippen LogP contribution < -0.4 is 10.6 Å². The first-order valence-corrected chi connectivity index (χ1v) is 9.61. The molecule has 158 valence electrons. The maximum Gasteiger partial charge on any atom is 0.251 e. The molecule has 3 heterocycles. The summed E-state index contributed by atoms with van der Waals surface area (Å²) in [6.07, 6.45) is -2.03. The minimum Gasteiger partial charge on any atom is -0.387 e. The van der Waals surface area contributed by atoms with E-state index in [0.717, 1.165) is 5.56 Å². The highest BCUT2D eigenvalue weighted by molar-refractivity contribution is 5.83. The molecule has 1 aliphatic heterocycles. The van der Waals surface area contributed by atoms with Gasteiger partial charge in [0.2, 0.25) is 0 Å². The number of aliphatic hydroxyl groups is 2. The van der Waals surface area contributed by atoms with Crippen LogP contribution in [-0.4, -0.2) is 61.0 Å². The molecular weight excluding hydrogens is 388 g/mol. The van der Waals surface area contributed by atoms with E-state index in [9.17, 15) is 15.0 Å². The lowest BCUT2D eigenvalue weighted by Crippen LogP contribution is -2.41. The van der Waals surface area contributed by atoms with Crippen molar-refractivity contribution in [2.24, 2.45) is 0 Å². The first-order chi connectivity index (χ1) is 14.4. The number of likely N-dealkylation sites (N-methyl/N-ethyl adjacent to an activating group) is 1. The van der Waals surface area contributed by atoms with Crippen LogP contribution in [0.5, 0.6) is 0 Å². The molecule has 4 atom stereocenters. The highest BCUT2D eigenvalue weighted by atomic mass is 16.6. The fourth-order valence-electron chi connectivity index (χ4n) is 3.77. The van der Waals surface area contributed by atoms with Crippen LogP contribution in [0, 0.1) is 13.8 Å². The van der Waals surface area contributed by atoms with Crippen molar-refractivity contribution in [1.82, 2.24) is 24.8 Å². The average Bonchev–Trinajstić information content (AvgIpc) is 3.27. The van der Waals surface area contributed by atoms with Crippen molar-refractivity contribution in [3.05, 3.63) is 47.5 Å². The van der Waals surface area contributed by atoms with E-state index >= 15 is 0 Å². The molecule has 0 radical (unpaired) electrons. The van der Waals surface area contributed by atoms with Gasteiger partial charge in [-0.3, -0.25) is 9.36 Å². The number of aryl methyl sites for hydroxylation is 2. The Morgan fingerprint density at radius 1 is 1.13 bits per heavy atom. The third-order valence-electron chi connectivity index (χ3n) is 5.12. The fraction of sp³-hybridized carbons (Fsp3) is 0.400. The summed E-state index contributed by atoms with van der Waals surface area (Å²) in [7, 11) is 1.44. The van der Waals surface area contributed by atoms with Crippen molar-refractivity contribution in [2.45, 2.75) is 44.9 Å². The first-order valence-electron chi connectivity index (χ1n) is 9.61. The number of carbonyl (C=O) groups excluding carboxylic acids is 1. The van der Waals surface area contributed by atoms with E-state index in [1.54, 1.807) is 0 Å². The number of benzene rings is 1. The van der Waals surface area contributed by atoms with Crippen molar-refractivity contribution >= 4 is 22.9 Å². The van der Waals surface area contributed by atoms with Gasteiger partial charge in [0.25, 0.3) is 5.91 Å². The number of hydrogen-bond acceptors (Lipinski definition) is 8. The fourth-order valence-corrected chi connectivity index (χ4v) is 3.77. The number of ether oxygens (including phenoxy) is 1. The Morgan fingerprint density at radius 2 is 1.87 bits per heavy atom. The molecule has 10 heteroatoms. The summed E-state index contributed by atoms with van der Waals surface area (Å²) in [5.41, 5.74) is 4.39. The van der Waals surface area contributed by atoms with Crippen LogP contribution in [0.25, 0.3) is 11.2 Å². The lowest BCUT2D eigenvalue weighted by atomic mass is 10.1. The van der Waals surface area contributed by atoms with Gasteiger partial charge >= 0.3 is 0 Å². The molecule has 1 saturated heterocycles. The second-order valence-electron chi connectivity index (χ2n) is 7.44. The van der Waals surface area contributed by atoms with Gasteiger partial charge in [-0.25, -0.2) is 15.0 Å². The average molecular weight is 412 g/mol. The predicted octanol–water partition coefficient (Wildman–Crippen LogP) is 0.420. The minimum atomic E-state index is -1.36. The Hall–Kier alpha value is -3.08. The van der Waals surface area contributed by atoms with Crippen LogP contribution in [-0.2, 0) is 16.1 Å². The van der Waals surface area contributed by atoms with Gasteiger partial charge in [0, 0.05) is 13.6 Å². The molecule has 10 nitrogen and oxygen atoms in total. The zero-order valence-electron chi connectivity index (χ0n) is 16.9. The molecule has 0 unspecified atom stereocenters. The highest BCUT2D eigenvalue weighted by Crippen LogP contribution is 2.32. The standard InChI is InChI=1S/C20H24N6O4/c1-10-4-11(2)6-12(5-10)7-22-17-13-18(24-8-23-17)26(9-25-13)20-15(28)14(27)16(30-20)19(29)21-3/h4-6,8-9,14-16,20,27-28H,7H2,1-3H3,(H,21,29)(H,22,23,24)/t14-,15+,16-,20+/m0/s1. The van der Waals surface area contributed by atoms with Crippen molar-refractivity contribution in [2.75, 3.05) is 12.4 Å². The normalized spacial score (nSPS) is 23.6. The summed E-state index contributed by atoms with van der Waals surface area (Å²) < 4.78 is 7.11. The molecule has 2 aromatic heterocycles. The molecule has 0 saturated carbocycles. The largest absolute Gasteiger partial charge is 0.387 e. The Morgan fingerprint density at radius 3 is 2.57 bits per heavy atom. The van der Waals surface area contributed by atoms with E-state index < -0.39 is 30.4 Å². The Kier molecular flexibility index (Phi) is 5.37. The van der Waals surface area contributed by atoms with Gasteiger partial charge < -0.3 is 25.6 Å². The van der Waals surface area contributed by atoms with Gasteiger partial charge in [-0.05, 0) is 19.4 Å². The Balaban J connectivity index is 1.60. The van der Waals surface area contributed by atoms with Gasteiger partial charge in [0.15, 0.2) is 29.3 Å². The zero-order valence-corrected chi connectivity index (χ0v) is 16.9. The number of carbonyl (C=O) groups is 1. The van der Waals surface area contributed by atoms with Gasteiger partial charge in [-0.2, -0.15) is 0 Å². The monoisotopic (exact) mass is 412 g/mol. The van der Waals surface area contributed by atoms with E-state index in [-0.39, 0.29) is 0 Å². The van der Waals surface area contributed by atoms with Crippen molar-refractivity contribution in [3.63, 3.8) is 0 Å². The van der Waals surface area contributed by atoms with E-state index in [2.05, 4.69) is 57.6 Å². The highest BCUT2D eigenvalue weighted by Gasteiger charge is 2.47. The van der Waals surface area contributed by atoms with E-state index in [0.29, 0.717) is 23.5 Å². The maximum atomic E-state index is 11.9. The van der Waals surface area contributed by atoms with Crippen molar-refractivity contribution in [3.8, 4) is 0 Å². The maximum absolute atomic E-state index is 11.9. The molecular formula is C20H24N6O4. The van der Waals surface area contributed by atoms with Crippen LogP contribution in [0.2, 0.25) is 0 Å². The molecule has 1 aromatic carbocycles. The number of amides is 1. The van der Waals surface area contributed by atoms with E-state index in [1.807, 2.05) is 0 Å². The van der Waals surface area contributed by atoms with Gasteiger partial charge in [-0.15, -0.1) is 0 Å². The molecule has 1 amide bonds. The number of nitrogens with one attached hydrogen (secondary N) is 2. The summed E-state index contributed by atoms with van der Waals surface area (Å²) in [6, 6.07) is 6.31. The summed E-state index contributed by atoms with van der Waals surface area (Å²) in [6.45, 7) is 4.66. The van der Waals surface area contributed by atoms with E-state index in [4.69, 9.17) is 4.74 Å². The predicted molar refractivity (Wildman–Crippen MR) is 109 cm³/mol. The number of anilines is 1. The summed E-state index contributed by atoms with van der Waals surface area (Å²) >= 11 is 0. The number of aliphatic hydroxyl groups excluding tert-OH is 2. The second kappa shape index (κ2) is 7.98. The lowest BCUT2D eigenvalue weighted by molar-refractivity contribution is -0.137. The van der Waals surface area contributed by atoms with Crippen molar-refractivity contribution in [1.29, 1.82) is 0 Å². The number of fused-ring (bicyclic) bond motifs is 1. The van der Waals surface area contributed by atoms with Crippen LogP contribution in [0.4, 0.5) is 5.82 Å². The topological polar surface area (TPSA) is 134 Å². The second-order valence-corrected chi connectivity index (χ2v) is 7.44. The van der Waals surface area contributed by atoms with E-state index in [1.165, 1.54) is 35.4 Å². The molecule has 1 fully saturated rings. The van der Waals surface area contributed by atoms with Gasteiger partial charge in [0.05, 0.1) is 6.33 Å². The SMILES string of the molecule is CNC(=O)[C@H]1O[C@@H](n2cnc3c(NCc4cc(C)cc(C)c4)ncnc32)[C@H](O)[C@@H]1O. The minimum absolute atomic E-state index is 0.418. The number of imidazole rings is 1. The zero-order chi connectivity index (χ0) is 21.4. The van der Waals surface area contributed by atoms with Crippen LogP contribution >= 0.6 is 0 Å². The lowest BCUT2D eigenvalue weighted by Gasteiger charge is -2.16. The van der Waals surface area contributed by atoms with Gasteiger partial charge in [-0.1, -0.05) is 29.3 Å². The molecule has 4 rings (SSSR count). The molecule has 0 bridgehead atoms. The molecule has 1 aliphatic rings. The number of rotatable bonds is 5. The quantitative estimate of drug-likeness (QED) is 0.474. The first kappa shape index (κ1) is 20.2. The van der Waals surface area contributed by atoms with Gasteiger partial charge in [0.1, 0.15) is 18.5 Å². The smallest absolute Gasteiger partial charge is 0.251 e. The third-order valence-corrected chi connectivity index (χ3v) is 5.12. The summed E-state index contributed by atoms with van der Waals surface area (Å²) in [4.78, 5) is 24.8. The Bertz CT molecular complexity index is 1060. The number of nitrogens with zero attached hydrogens (tertiary/aromatic N) is 4. The van der Waals surface area contributed by atoms with Crippen molar-refractivity contribution < 1.29 is 19.7 Å². The molecule has 0 spiro atoms. The molecule has 0 aliphatic carbocycles. The van der Waals surface area contributed by atoms with Crippen LogP contribution in [0.15, 0.2) is 30.9 Å². The van der Waals surface area contributed by atoms with Crippen LogP contribution in [0.1, 0.15) is 22.9 Å². The number of hydrogen-bond donors (Lipinski definition) is 4. The third kappa shape index (κ3) is 3.60. The van der Waals surface area contributed by atoms with Crippen LogP contribution in [0.3, 0.4) is 0 Å². The Labute approximate surface area is 172 Å². The molecule has 3 aromatic rings.